The highest BCUT2D eigenvalue weighted by Gasteiger charge is 2.33. The molecule has 1 unspecified atom stereocenters. The summed E-state index contributed by atoms with van der Waals surface area (Å²) < 4.78 is 30.7. The second-order valence-electron chi connectivity index (χ2n) is 6.83. The van der Waals surface area contributed by atoms with Crippen LogP contribution in [0.5, 0.6) is 5.75 Å². The molecule has 0 bridgehead atoms. The number of carbonyl (C=O) groups excluding carboxylic acids is 3. The van der Waals surface area contributed by atoms with Gasteiger partial charge in [-0.15, -0.1) is 0 Å². The van der Waals surface area contributed by atoms with E-state index in [9.17, 15) is 22.8 Å². The third-order valence-corrected chi connectivity index (χ3v) is 6.52. The van der Waals surface area contributed by atoms with E-state index in [2.05, 4.69) is 10.6 Å². The Balaban J connectivity index is 2.02. The third-order valence-electron chi connectivity index (χ3n) is 4.44. The van der Waals surface area contributed by atoms with Crippen LogP contribution in [0, 0.1) is 0 Å². The molecule has 166 valence electrons. The Morgan fingerprint density at radius 1 is 0.903 bits per heavy atom. The highest BCUT2D eigenvalue weighted by atomic mass is 32.2. The van der Waals surface area contributed by atoms with Gasteiger partial charge in [-0.25, -0.2) is 8.42 Å². The lowest BCUT2D eigenvalue weighted by Crippen LogP contribution is -2.39. The fourth-order valence-corrected chi connectivity index (χ4v) is 4.43. The molecule has 2 amide bonds. The molecule has 2 N–H and O–H groups in total. The molecule has 0 radical (unpaired) electrons. The van der Waals surface area contributed by atoms with E-state index in [4.69, 9.17) is 4.74 Å². The van der Waals surface area contributed by atoms with E-state index in [1.54, 1.807) is 31.2 Å². The van der Waals surface area contributed by atoms with Crippen LogP contribution in [0.3, 0.4) is 0 Å². The van der Waals surface area contributed by atoms with Gasteiger partial charge < -0.3 is 15.4 Å². The standard InChI is InChI=1S/C22H26N2O6S/c1-4-20(22(27)24-18-8-6-16(7-9-18)15(3)25)31(28,29)14-21(26)23-17-10-12-19(13-11-17)30-5-2/h6-13,20H,4-5,14H2,1-3H3,(H,23,26)(H,24,27). The first kappa shape index (κ1) is 24.1. The van der Waals surface area contributed by atoms with Gasteiger partial charge >= 0.3 is 0 Å². The molecule has 2 aromatic rings. The molecule has 8 nitrogen and oxygen atoms in total. The Hall–Kier alpha value is -3.20. The van der Waals surface area contributed by atoms with Gasteiger partial charge in [0.05, 0.1) is 6.61 Å². The van der Waals surface area contributed by atoms with Gasteiger partial charge in [-0.05, 0) is 68.8 Å². The van der Waals surface area contributed by atoms with Crippen LogP contribution in [0.2, 0.25) is 0 Å². The molecule has 1 atom stereocenters. The summed E-state index contributed by atoms with van der Waals surface area (Å²) in [5.74, 6) is -1.78. The maximum absolute atomic E-state index is 12.7. The first-order valence-corrected chi connectivity index (χ1v) is 11.5. The fraction of sp³-hybridized carbons (Fsp3) is 0.318. The number of carbonyl (C=O) groups is 3. The number of anilines is 2. The minimum absolute atomic E-state index is 0.00995. The second kappa shape index (κ2) is 10.7. The Morgan fingerprint density at radius 2 is 1.45 bits per heavy atom. The van der Waals surface area contributed by atoms with Gasteiger partial charge in [-0.3, -0.25) is 14.4 Å². The number of rotatable bonds is 10. The quantitative estimate of drug-likeness (QED) is 0.542. The molecule has 0 aliphatic carbocycles. The summed E-state index contributed by atoms with van der Waals surface area (Å²) in [4.78, 5) is 36.1. The third kappa shape index (κ3) is 6.92. The fourth-order valence-electron chi connectivity index (χ4n) is 2.89. The van der Waals surface area contributed by atoms with Crippen LogP contribution in [0.25, 0.3) is 0 Å². The Morgan fingerprint density at radius 3 is 1.97 bits per heavy atom. The van der Waals surface area contributed by atoms with Crippen molar-refractivity contribution in [3.63, 3.8) is 0 Å². The lowest BCUT2D eigenvalue weighted by atomic mass is 10.1. The number of ketones is 1. The molecule has 0 spiro atoms. The highest BCUT2D eigenvalue weighted by Crippen LogP contribution is 2.17. The number of benzene rings is 2. The van der Waals surface area contributed by atoms with Gasteiger partial charge in [0.1, 0.15) is 16.8 Å². The number of nitrogens with one attached hydrogen (secondary N) is 2. The van der Waals surface area contributed by atoms with Crippen molar-refractivity contribution < 1.29 is 27.5 Å². The van der Waals surface area contributed by atoms with Gasteiger partial charge in [0.25, 0.3) is 0 Å². The van der Waals surface area contributed by atoms with Gasteiger partial charge in [0.15, 0.2) is 15.6 Å². The Kier molecular flexibility index (Phi) is 8.32. The van der Waals surface area contributed by atoms with Crippen molar-refractivity contribution in [1.82, 2.24) is 0 Å². The summed E-state index contributed by atoms with van der Waals surface area (Å²) in [6, 6.07) is 12.6. The minimum atomic E-state index is -4.05. The smallest absolute Gasteiger partial charge is 0.242 e. The lowest BCUT2D eigenvalue weighted by Gasteiger charge is -2.16. The summed E-state index contributed by atoms with van der Waals surface area (Å²) in [5, 5.41) is 3.66. The number of Topliss-reactive ketones (excluding diaryl/α,β-unsaturated/α-hetero) is 1. The first-order chi connectivity index (χ1) is 14.7. The summed E-state index contributed by atoms with van der Waals surface area (Å²) in [5.41, 5.74) is 1.26. The minimum Gasteiger partial charge on any atom is -0.494 e. The van der Waals surface area contributed by atoms with Crippen LogP contribution in [-0.4, -0.2) is 43.6 Å². The molecule has 0 aliphatic rings. The topological polar surface area (TPSA) is 119 Å². The normalized spacial score (nSPS) is 12.0. The molecular formula is C22H26N2O6S. The van der Waals surface area contributed by atoms with Crippen molar-refractivity contribution in [1.29, 1.82) is 0 Å². The van der Waals surface area contributed by atoms with Crippen LogP contribution >= 0.6 is 0 Å². The SMILES string of the molecule is CCOc1ccc(NC(=O)CS(=O)(=O)C(CC)C(=O)Nc2ccc(C(C)=O)cc2)cc1. The van der Waals surface area contributed by atoms with Crippen LogP contribution in [0.4, 0.5) is 11.4 Å². The van der Waals surface area contributed by atoms with Crippen molar-refractivity contribution in [3.05, 3.63) is 54.1 Å². The number of hydrogen-bond donors (Lipinski definition) is 2. The average Bonchev–Trinajstić information content (AvgIpc) is 2.69. The van der Waals surface area contributed by atoms with Crippen LogP contribution in [0.15, 0.2) is 48.5 Å². The van der Waals surface area contributed by atoms with Gasteiger partial charge in [-0.1, -0.05) is 6.92 Å². The summed E-state index contributed by atoms with van der Waals surface area (Å²) >= 11 is 0. The van der Waals surface area contributed by atoms with E-state index in [0.717, 1.165) is 0 Å². The second-order valence-corrected chi connectivity index (χ2v) is 9.02. The van der Waals surface area contributed by atoms with Crippen molar-refractivity contribution in [3.8, 4) is 5.75 Å². The summed E-state index contributed by atoms with van der Waals surface area (Å²) in [6.45, 7) is 5.34. The highest BCUT2D eigenvalue weighted by molar-refractivity contribution is 7.93. The predicted octanol–water partition coefficient (Wildman–Crippen LogP) is 3.06. The largest absolute Gasteiger partial charge is 0.494 e. The lowest BCUT2D eigenvalue weighted by molar-refractivity contribution is -0.115. The monoisotopic (exact) mass is 446 g/mol. The average molecular weight is 447 g/mol. The summed E-state index contributed by atoms with van der Waals surface area (Å²) in [7, 11) is -4.05. The maximum atomic E-state index is 12.7. The molecule has 0 fully saturated rings. The van der Waals surface area contributed by atoms with Gasteiger partial charge in [0, 0.05) is 16.9 Å². The zero-order chi connectivity index (χ0) is 23.0. The molecule has 0 heterocycles. The predicted molar refractivity (Wildman–Crippen MR) is 119 cm³/mol. The summed E-state index contributed by atoms with van der Waals surface area (Å²) in [6.07, 6.45) is 0.00995. The van der Waals surface area contributed by atoms with E-state index in [-0.39, 0.29) is 12.2 Å². The molecule has 9 heteroatoms. The van der Waals surface area contributed by atoms with E-state index in [1.165, 1.54) is 31.2 Å². The molecule has 31 heavy (non-hydrogen) atoms. The number of hydrogen-bond acceptors (Lipinski definition) is 6. The Labute approximate surface area is 181 Å². The van der Waals surface area contributed by atoms with E-state index < -0.39 is 32.7 Å². The molecule has 2 aromatic carbocycles. The van der Waals surface area contributed by atoms with Crippen LogP contribution in [0.1, 0.15) is 37.6 Å². The number of sulfone groups is 1. The van der Waals surface area contributed by atoms with Crippen molar-refractivity contribution >= 4 is 38.8 Å². The number of amides is 2. The van der Waals surface area contributed by atoms with E-state index in [1.807, 2.05) is 6.92 Å². The molecular weight excluding hydrogens is 420 g/mol. The van der Waals surface area contributed by atoms with Gasteiger partial charge in [0.2, 0.25) is 11.8 Å². The van der Waals surface area contributed by atoms with Crippen molar-refractivity contribution in [2.24, 2.45) is 0 Å². The van der Waals surface area contributed by atoms with Crippen LogP contribution < -0.4 is 15.4 Å². The molecule has 0 saturated heterocycles. The van der Waals surface area contributed by atoms with Crippen molar-refractivity contribution in [2.75, 3.05) is 23.0 Å². The Bertz CT molecular complexity index is 1030. The molecule has 0 aromatic heterocycles. The van der Waals surface area contributed by atoms with Crippen molar-refractivity contribution in [2.45, 2.75) is 32.4 Å². The molecule has 2 rings (SSSR count). The van der Waals surface area contributed by atoms with Gasteiger partial charge in [-0.2, -0.15) is 0 Å². The number of ether oxygens (including phenoxy) is 1. The maximum Gasteiger partial charge on any atom is 0.242 e. The molecule has 0 aliphatic heterocycles. The van der Waals surface area contributed by atoms with Crippen LogP contribution in [-0.2, 0) is 19.4 Å². The molecule has 0 saturated carbocycles. The zero-order valence-corrected chi connectivity index (χ0v) is 18.5. The zero-order valence-electron chi connectivity index (χ0n) is 17.7. The van der Waals surface area contributed by atoms with E-state index in [0.29, 0.717) is 29.3 Å². The first-order valence-electron chi connectivity index (χ1n) is 9.82. The van der Waals surface area contributed by atoms with E-state index >= 15 is 0 Å².